The third kappa shape index (κ3) is 5.07. The van der Waals surface area contributed by atoms with E-state index in [2.05, 4.69) is 22.7 Å². The highest BCUT2D eigenvalue weighted by atomic mass is 32.2. The quantitative estimate of drug-likeness (QED) is 0.488. The first-order chi connectivity index (χ1) is 8.39. The number of nitrogens with zero attached hydrogens (tertiary/aromatic N) is 1. The Bertz CT molecular complexity index is 592. The molecule has 0 spiro atoms. The van der Waals surface area contributed by atoms with Crippen LogP contribution in [0.4, 0.5) is 0 Å². The van der Waals surface area contributed by atoms with E-state index in [-0.39, 0.29) is 10.0 Å². The Labute approximate surface area is 111 Å². The van der Waals surface area contributed by atoms with Gasteiger partial charge in [-0.2, -0.15) is 5.10 Å². The Morgan fingerprint density at radius 2 is 2.22 bits per heavy atom. The van der Waals surface area contributed by atoms with Gasteiger partial charge in [-0.05, 0) is 36.0 Å². The lowest BCUT2D eigenvalue weighted by Crippen LogP contribution is -2.23. The van der Waals surface area contributed by atoms with Crippen LogP contribution in [0.1, 0.15) is 5.56 Å². The molecule has 0 aliphatic carbocycles. The number of hydrogen-bond acceptors (Lipinski definition) is 4. The molecule has 18 heavy (non-hydrogen) atoms. The Balaban J connectivity index is 2.77. The van der Waals surface area contributed by atoms with E-state index in [1.165, 1.54) is 12.5 Å². The van der Waals surface area contributed by atoms with Crippen LogP contribution < -0.4 is 11.2 Å². The molecule has 0 heterocycles. The average molecular weight is 283 g/mol. The number of allylic oxidation sites excluding steroid dienone is 1. The van der Waals surface area contributed by atoms with Crippen LogP contribution in [0.25, 0.3) is 6.08 Å². The molecule has 1 rings (SSSR count). The highest BCUT2D eigenvalue weighted by molar-refractivity contribution is 7.90. The smallest absolute Gasteiger partial charge is 0.184 e. The molecule has 0 bridgehead atoms. The van der Waals surface area contributed by atoms with Gasteiger partial charge < -0.3 is 5.73 Å². The van der Waals surface area contributed by atoms with Gasteiger partial charge in [0.2, 0.25) is 0 Å². The van der Waals surface area contributed by atoms with E-state index in [0.717, 1.165) is 5.56 Å². The maximum Gasteiger partial charge on any atom is 0.184 e. The third-order valence-corrected chi connectivity index (χ3v) is 3.11. The molecule has 0 aliphatic rings. The Hall–Kier alpha value is -1.73. The van der Waals surface area contributed by atoms with Crippen molar-refractivity contribution in [3.05, 3.63) is 35.9 Å². The fourth-order valence-electron chi connectivity index (χ4n) is 1.15. The van der Waals surface area contributed by atoms with E-state index in [0.29, 0.717) is 0 Å². The minimum atomic E-state index is -3.19. The van der Waals surface area contributed by atoms with E-state index in [1.54, 1.807) is 36.4 Å². The molecule has 1 aromatic rings. The number of hydrogen-bond donors (Lipinski definition) is 2. The SMILES string of the molecule is CS(=O)(=O)c1cccc(/C=C/C=N/NC(N)=S)c1. The summed E-state index contributed by atoms with van der Waals surface area (Å²) >= 11 is 4.56. The Morgan fingerprint density at radius 3 is 2.83 bits per heavy atom. The van der Waals surface area contributed by atoms with Crippen LogP contribution in [0.2, 0.25) is 0 Å². The molecule has 7 heteroatoms. The van der Waals surface area contributed by atoms with Gasteiger partial charge in [-0.1, -0.05) is 18.2 Å². The van der Waals surface area contributed by atoms with Crippen LogP contribution in [0.5, 0.6) is 0 Å². The lowest BCUT2D eigenvalue weighted by atomic mass is 10.2. The summed E-state index contributed by atoms with van der Waals surface area (Å²) < 4.78 is 22.7. The largest absolute Gasteiger partial charge is 0.375 e. The molecule has 0 amide bonds. The highest BCUT2D eigenvalue weighted by Crippen LogP contribution is 2.12. The first kappa shape index (κ1) is 14.3. The van der Waals surface area contributed by atoms with Gasteiger partial charge in [0.25, 0.3) is 0 Å². The predicted octanol–water partition coefficient (Wildman–Crippen LogP) is 0.922. The topological polar surface area (TPSA) is 84.5 Å². The summed E-state index contributed by atoms with van der Waals surface area (Å²) in [6.07, 6.45) is 6.00. The molecule has 0 atom stereocenters. The van der Waals surface area contributed by atoms with Crippen molar-refractivity contribution in [2.45, 2.75) is 4.90 Å². The molecule has 5 nitrogen and oxygen atoms in total. The number of nitrogens with two attached hydrogens (primary N) is 1. The molecule has 3 N–H and O–H groups in total. The molecule has 0 radical (unpaired) electrons. The van der Waals surface area contributed by atoms with Gasteiger partial charge in [0.05, 0.1) is 4.90 Å². The maximum absolute atomic E-state index is 11.3. The maximum atomic E-state index is 11.3. The zero-order valence-corrected chi connectivity index (χ0v) is 11.3. The summed E-state index contributed by atoms with van der Waals surface area (Å²) in [5.41, 5.74) is 8.33. The van der Waals surface area contributed by atoms with Crippen molar-refractivity contribution in [1.29, 1.82) is 0 Å². The molecular weight excluding hydrogens is 270 g/mol. The molecule has 0 aliphatic heterocycles. The summed E-state index contributed by atoms with van der Waals surface area (Å²) in [5, 5.41) is 3.79. The van der Waals surface area contributed by atoms with E-state index < -0.39 is 9.84 Å². The summed E-state index contributed by atoms with van der Waals surface area (Å²) in [6, 6.07) is 6.61. The van der Waals surface area contributed by atoms with Crippen molar-refractivity contribution in [2.24, 2.45) is 10.8 Å². The molecule has 0 saturated carbocycles. The first-order valence-electron chi connectivity index (χ1n) is 4.95. The van der Waals surface area contributed by atoms with Gasteiger partial charge in [-0.3, -0.25) is 5.43 Å². The standard InChI is InChI=1S/C11H13N3O2S2/c1-18(15,16)10-6-2-4-9(8-10)5-3-7-13-14-11(12)17/h2-8H,1H3,(H3,12,14,17)/b5-3+,13-7+. The third-order valence-electron chi connectivity index (χ3n) is 1.91. The monoisotopic (exact) mass is 283 g/mol. The summed E-state index contributed by atoms with van der Waals surface area (Å²) in [6.45, 7) is 0. The molecule has 96 valence electrons. The average Bonchev–Trinajstić information content (AvgIpc) is 2.27. The zero-order valence-electron chi connectivity index (χ0n) is 9.70. The molecular formula is C11H13N3O2S2. The summed E-state index contributed by atoms with van der Waals surface area (Å²) in [5.74, 6) is 0. The van der Waals surface area contributed by atoms with Gasteiger partial charge in [0.15, 0.2) is 14.9 Å². The van der Waals surface area contributed by atoms with Gasteiger partial charge >= 0.3 is 0 Å². The van der Waals surface area contributed by atoms with Crippen LogP contribution in [0, 0.1) is 0 Å². The van der Waals surface area contributed by atoms with Crippen LogP contribution in [0.15, 0.2) is 40.3 Å². The predicted molar refractivity (Wildman–Crippen MR) is 77.0 cm³/mol. The van der Waals surface area contributed by atoms with Crippen molar-refractivity contribution in [3.63, 3.8) is 0 Å². The summed E-state index contributed by atoms with van der Waals surface area (Å²) in [7, 11) is -3.19. The van der Waals surface area contributed by atoms with E-state index in [9.17, 15) is 8.42 Å². The van der Waals surface area contributed by atoms with Crippen LogP contribution in [0.3, 0.4) is 0 Å². The molecule has 0 fully saturated rings. The van der Waals surface area contributed by atoms with Gasteiger partial charge in [-0.15, -0.1) is 0 Å². The fourth-order valence-corrected chi connectivity index (χ4v) is 1.88. The molecule has 0 saturated heterocycles. The minimum Gasteiger partial charge on any atom is -0.375 e. The van der Waals surface area contributed by atoms with Gasteiger partial charge in [-0.25, -0.2) is 8.42 Å². The lowest BCUT2D eigenvalue weighted by Gasteiger charge is -1.99. The van der Waals surface area contributed by atoms with Crippen molar-refractivity contribution in [1.82, 2.24) is 5.43 Å². The number of hydrazone groups is 1. The van der Waals surface area contributed by atoms with E-state index in [4.69, 9.17) is 5.73 Å². The van der Waals surface area contributed by atoms with E-state index in [1.807, 2.05) is 0 Å². The second kappa shape index (κ2) is 6.27. The normalized spacial score (nSPS) is 12.1. The second-order valence-corrected chi connectivity index (χ2v) is 5.91. The number of sulfone groups is 1. The van der Waals surface area contributed by atoms with Crippen molar-refractivity contribution in [2.75, 3.05) is 6.26 Å². The number of nitrogens with one attached hydrogen (secondary N) is 1. The molecule has 0 aromatic heterocycles. The number of benzene rings is 1. The second-order valence-electron chi connectivity index (χ2n) is 3.46. The lowest BCUT2D eigenvalue weighted by molar-refractivity contribution is 0.602. The van der Waals surface area contributed by atoms with Crippen LogP contribution in [-0.2, 0) is 9.84 Å². The Kier molecular flexibility index (Phi) is 4.99. The van der Waals surface area contributed by atoms with Crippen molar-refractivity contribution < 1.29 is 8.42 Å². The van der Waals surface area contributed by atoms with Crippen LogP contribution >= 0.6 is 12.2 Å². The van der Waals surface area contributed by atoms with Gasteiger partial charge in [0.1, 0.15) is 0 Å². The van der Waals surface area contributed by atoms with Crippen molar-refractivity contribution in [3.8, 4) is 0 Å². The van der Waals surface area contributed by atoms with Crippen LogP contribution in [-0.4, -0.2) is 26.0 Å². The summed E-state index contributed by atoms with van der Waals surface area (Å²) in [4.78, 5) is 0.280. The first-order valence-corrected chi connectivity index (χ1v) is 7.25. The molecule has 1 aromatic carbocycles. The van der Waals surface area contributed by atoms with Crippen molar-refractivity contribution >= 4 is 39.5 Å². The van der Waals surface area contributed by atoms with E-state index >= 15 is 0 Å². The fraction of sp³-hybridized carbons (Fsp3) is 0.0909. The van der Waals surface area contributed by atoms with Gasteiger partial charge in [0, 0.05) is 12.5 Å². The molecule has 0 unspecified atom stereocenters. The zero-order chi connectivity index (χ0) is 13.6. The number of thiocarbonyl (C=S) groups is 1. The Morgan fingerprint density at radius 1 is 1.50 bits per heavy atom. The minimum absolute atomic E-state index is 0.0822. The number of rotatable bonds is 4. The highest BCUT2D eigenvalue weighted by Gasteiger charge is 2.05.